The van der Waals surface area contributed by atoms with Crippen LogP contribution in [-0.4, -0.2) is 38.0 Å². The van der Waals surface area contributed by atoms with Crippen molar-refractivity contribution >= 4 is 21.3 Å². The van der Waals surface area contributed by atoms with Crippen LogP contribution in [0, 0.1) is 11.3 Å². The van der Waals surface area contributed by atoms with Crippen molar-refractivity contribution in [3.63, 3.8) is 0 Å². The summed E-state index contributed by atoms with van der Waals surface area (Å²) >= 11 is 0. The molecule has 18 heavy (non-hydrogen) atoms. The van der Waals surface area contributed by atoms with Gasteiger partial charge in [0, 0.05) is 13.1 Å². The minimum Gasteiger partial charge on any atom is -0.396 e. The maximum Gasteiger partial charge on any atom is 0.165 e. The Morgan fingerprint density at radius 2 is 2.11 bits per heavy atom. The van der Waals surface area contributed by atoms with Gasteiger partial charge in [-0.2, -0.15) is 5.26 Å². The Hall–Kier alpha value is -1.81. The molecule has 1 fully saturated rings. The van der Waals surface area contributed by atoms with Crippen LogP contribution < -0.4 is 10.6 Å². The highest BCUT2D eigenvalue weighted by atomic mass is 32.2. The Labute approximate surface area is 106 Å². The van der Waals surface area contributed by atoms with Crippen molar-refractivity contribution in [2.75, 3.05) is 35.2 Å². The van der Waals surface area contributed by atoms with Crippen LogP contribution in [0.5, 0.6) is 0 Å². The summed E-state index contributed by atoms with van der Waals surface area (Å²) in [5.41, 5.74) is 6.12. The number of rotatable bonds is 1. The third kappa shape index (κ3) is 2.71. The molecular weight excluding hydrogens is 252 g/mol. The average molecular weight is 266 g/mol. The lowest BCUT2D eigenvalue weighted by Crippen LogP contribution is -2.27. The predicted octanol–water partition coefficient (Wildman–Crippen LogP) is 0.160. The van der Waals surface area contributed by atoms with Crippen LogP contribution in [0.3, 0.4) is 0 Å². The van der Waals surface area contributed by atoms with E-state index in [1.807, 2.05) is 11.0 Å². The zero-order valence-electron chi connectivity index (χ0n) is 9.83. The topological polar surface area (TPSA) is 100 Å². The van der Waals surface area contributed by atoms with Crippen molar-refractivity contribution in [2.45, 2.75) is 6.42 Å². The normalized spacial score (nSPS) is 18.9. The quantitative estimate of drug-likeness (QED) is 0.777. The molecule has 2 N–H and O–H groups in total. The Morgan fingerprint density at radius 1 is 1.33 bits per heavy atom. The summed E-state index contributed by atoms with van der Waals surface area (Å²) < 4.78 is 23.0. The van der Waals surface area contributed by atoms with Crippen LogP contribution in [-0.2, 0) is 9.84 Å². The van der Waals surface area contributed by atoms with Gasteiger partial charge in [-0.25, -0.2) is 13.4 Å². The average Bonchev–Trinajstić information content (AvgIpc) is 2.51. The van der Waals surface area contributed by atoms with Crippen LogP contribution >= 0.6 is 0 Å². The van der Waals surface area contributed by atoms with E-state index in [-0.39, 0.29) is 17.2 Å². The van der Waals surface area contributed by atoms with Crippen LogP contribution in [0.2, 0.25) is 0 Å². The number of hydrogen-bond donors (Lipinski definition) is 1. The van der Waals surface area contributed by atoms with Gasteiger partial charge >= 0.3 is 0 Å². The van der Waals surface area contributed by atoms with Crippen LogP contribution in [0.25, 0.3) is 0 Å². The number of nitrogens with two attached hydrogens (primary N) is 1. The highest BCUT2D eigenvalue weighted by Gasteiger charge is 2.20. The molecular formula is C11H14N4O2S. The van der Waals surface area contributed by atoms with Gasteiger partial charge in [-0.1, -0.05) is 0 Å². The molecule has 96 valence electrons. The molecule has 1 aromatic heterocycles. The first-order valence-electron chi connectivity index (χ1n) is 5.64. The van der Waals surface area contributed by atoms with Gasteiger partial charge in [-0.05, 0) is 18.6 Å². The predicted molar refractivity (Wildman–Crippen MR) is 68.8 cm³/mol. The lowest BCUT2D eigenvalue weighted by Gasteiger charge is -2.20. The van der Waals surface area contributed by atoms with Gasteiger partial charge in [-0.15, -0.1) is 0 Å². The molecule has 1 aliphatic rings. The first-order chi connectivity index (χ1) is 8.52. The zero-order chi connectivity index (χ0) is 13.2. The van der Waals surface area contributed by atoms with Gasteiger partial charge in [0.2, 0.25) is 0 Å². The third-order valence-corrected chi connectivity index (χ3v) is 4.61. The Bertz CT molecular complexity index is 592. The molecule has 1 aliphatic heterocycles. The first kappa shape index (κ1) is 12.6. The van der Waals surface area contributed by atoms with Crippen LogP contribution in [0.15, 0.2) is 12.1 Å². The fourth-order valence-electron chi connectivity index (χ4n) is 1.89. The van der Waals surface area contributed by atoms with E-state index >= 15 is 0 Å². The second kappa shape index (κ2) is 4.82. The minimum atomic E-state index is -2.94. The zero-order valence-corrected chi connectivity index (χ0v) is 10.7. The molecule has 0 unspecified atom stereocenters. The molecule has 1 saturated heterocycles. The van der Waals surface area contributed by atoms with Crippen molar-refractivity contribution in [1.29, 1.82) is 5.26 Å². The highest BCUT2D eigenvalue weighted by Crippen LogP contribution is 2.18. The molecule has 0 spiro atoms. The summed E-state index contributed by atoms with van der Waals surface area (Å²) in [5, 5.41) is 8.87. The molecule has 7 heteroatoms. The Balaban J connectivity index is 2.24. The number of hydrogen-bond acceptors (Lipinski definition) is 6. The van der Waals surface area contributed by atoms with Gasteiger partial charge in [0.05, 0.1) is 17.2 Å². The summed E-state index contributed by atoms with van der Waals surface area (Å²) in [7, 11) is -2.94. The highest BCUT2D eigenvalue weighted by molar-refractivity contribution is 7.91. The van der Waals surface area contributed by atoms with Gasteiger partial charge in [0.1, 0.15) is 11.9 Å². The number of sulfone groups is 1. The SMILES string of the molecule is N#Cc1nc(N2CCCS(=O)(=O)CC2)ccc1N. The fourth-order valence-corrected chi connectivity index (χ4v) is 3.16. The molecule has 0 amide bonds. The first-order valence-corrected chi connectivity index (χ1v) is 7.46. The molecule has 6 nitrogen and oxygen atoms in total. The maximum absolute atomic E-state index is 11.5. The van der Waals surface area contributed by atoms with E-state index in [1.54, 1.807) is 12.1 Å². The number of nitriles is 1. The molecule has 0 saturated carbocycles. The summed E-state index contributed by atoms with van der Waals surface area (Å²) in [6.45, 7) is 1.03. The number of pyridine rings is 1. The number of aromatic nitrogens is 1. The molecule has 0 bridgehead atoms. The van der Waals surface area contributed by atoms with Crippen molar-refractivity contribution < 1.29 is 8.42 Å². The monoisotopic (exact) mass is 266 g/mol. The second-order valence-electron chi connectivity index (χ2n) is 4.21. The summed E-state index contributed by atoms with van der Waals surface area (Å²) in [6, 6.07) is 5.27. The standard InChI is InChI=1S/C11H14N4O2S/c12-8-10-9(13)2-3-11(14-10)15-4-1-6-18(16,17)7-5-15/h2-3H,1,4-7,13H2. The van der Waals surface area contributed by atoms with Crippen molar-refractivity contribution in [3.8, 4) is 6.07 Å². The number of nitrogen functional groups attached to an aromatic ring is 1. The molecule has 1 aromatic rings. The second-order valence-corrected chi connectivity index (χ2v) is 6.52. The van der Waals surface area contributed by atoms with Gasteiger partial charge in [-0.3, -0.25) is 0 Å². The van der Waals surface area contributed by atoms with Gasteiger partial charge in [0.15, 0.2) is 15.5 Å². The maximum atomic E-state index is 11.5. The van der Waals surface area contributed by atoms with Crippen LogP contribution in [0.4, 0.5) is 11.5 Å². The van der Waals surface area contributed by atoms with E-state index in [0.29, 0.717) is 31.0 Å². The smallest absolute Gasteiger partial charge is 0.165 e. The van der Waals surface area contributed by atoms with Gasteiger partial charge < -0.3 is 10.6 Å². The molecule has 2 rings (SSSR count). The Morgan fingerprint density at radius 3 is 2.83 bits per heavy atom. The third-order valence-electron chi connectivity index (χ3n) is 2.90. The fraction of sp³-hybridized carbons (Fsp3) is 0.455. The number of anilines is 2. The minimum absolute atomic E-state index is 0.126. The molecule has 0 radical (unpaired) electrons. The van der Waals surface area contributed by atoms with E-state index in [1.165, 1.54) is 0 Å². The lowest BCUT2D eigenvalue weighted by molar-refractivity contribution is 0.597. The summed E-state index contributed by atoms with van der Waals surface area (Å²) in [5.74, 6) is 0.947. The molecule has 2 heterocycles. The Kier molecular flexibility index (Phi) is 3.39. The molecule has 0 aromatic carbocycles. The summed E-state index contributed by atoms with van der Waals surface area (Å²) in [6.07, 6.45) is 0.580. The van der Waals surface area contributed by atoms with Crippen molar-refractivity contribution in [3.05, 3.63) is 17.8 Å². The lowest BCUT2D eigenvalue weighted by atomic mass is 10.3. The van der Waals surface area contributed by atoms with E-state index in [2.05, 4.69) is 4.98 Å². The molecule has 0 atom stereocenters. The van der Waals surface area contributed by atoms with Crippen molar-refractivity contribution in [1.82, 2.24) is 4.98 Å². The largest absolute Gasteiger partial charge is 0.396 e. The summed E-state index contributed by atoms with van der Waals surface area (Å²) in [4.78, 5) is 6.03. The van der Waals surface area contributed by atoms with Crippen LogP contribution in [0.1, 0.15) is 12.1 Å². The van der Waals surface area contributed by atoms with E-state index in [4.69, 9.17) is 11.0 Å². The molecule has 0 aliphatic carbocycles. The van der Waals surface area contributed by atoms with Gasteiger partial charge in [0.25, 0.3) is 0 Å². The number of nitrogens with zero attached hydrogens (tertiary/aromatic N) is 3. The van der Waals surface area contributed by atoms with E-state index in [0.717, 1.165) is 0 Å². The van der Waals surface area contributed by atoms with E-state index in [9.17, 15) is 8.42 Å². The van der Waals surface area contributed by atoms with Crippen molar-refractivity contribution in [2.24, 2.45) is 0 Å². The van der Waals surface area contributed by atoms with E-state index < -0.39 is 9.84 Å².